The maximum atomic E-state index is 13.5. The molecule has 94 valence electrons. The molecule has 0 spiro atoms. The van der Waals surface area contributed by atoms with Crippen LogP contribution in [0.5, 0.6) is 5.88 Å². The third-order valence-electron chi connectivity index (χ3n) is 3.10. The smallest absolute Gasteiger partial charge is 0.253 e. The highest BCUT2D eigenvalue weighted by Crippen LogP contribution is 2.17. The Kier molecular flexibility index (Phi) is 4.25. The Hall–Kier alpha value is -1.23. The summed E-state index contributed by atoms with van der Waals surface area (Å²) in [5.41, 5.74) is 0.328. The summed E-state index contributed by atoms with van der Waals surface area (Å²) in [7, 11) is 0. The number of halogens is 1. The minimum absolute atomic E-state index is 0.0706. The Morgan fingerprint density at radius 3 is 3.18 bits per heavy atom. The molecule has 2 heterocycles. The largest absolute Gasteiger partial charge is 0.475 e. The number of aromatic nitrogens is 2. The van der Waals surface area contributed by atoms with Gasteiger partial charge in [0, 0.05) is 0 Å². The van der Waals surface area contributed by atoms with Crippen LogP contribution in [0.25, 0.3) is 0 Å². The average Bonchev–Trinajstić information content (AvgIpc) is 2.36. The highest BCUT2D eigenvalue weighted by molar-refractivity contribution is 5.15. The second-order valence-corrected chi connectivity index (χ2v) is 4.43. The lowest BCUT2D eigenvalue weighted by atomic mass is 9.97. The first kappa shape index (κ1) is 12.2. The molecule has 1 N–H and O–H groups in total. The normalized spacial score (nSPS) is 20.2. The summed E-state index contributed by atoms with van der Waals surface area (Å²) in [6.07, 6.45) is 4.71. The van der Waals surface area contributed by atoms with Crippen molar-refractivity contribution in [1.82, 2.24) is 15.3 Å². The molecule has 2 rings (SSSR count). The van der Waals surface area contributed by atoms with Crippen LogP contribution in [-0.2, 0) is 0 Å². The summed E-state index contributed by atoms with van der Waals surface area (Å²) in [6, 6.07) is 0. The van der Waals surface area contributed by atoms with Gasteiger partial charge in [-0.05, 0) is 45.2 Å². The molecule has 17 heavy (non-hydrogen) atoms. The molecular weight excluding hydrogens is 221 g/mol. The first-order valence-corrected chi connectivity index (χ1v) is 6.08. The highest BCUT2D eigenvalue weighted by atomic mass is 19.1. The van der Waals surface area contributed by atoms with Gasteiger partial charge in [0.1, 0.15) is 6.33 Å². The molecule has 1 aliphatic rings. The summed E-state index contributed by atoms with van der Waals surface area (Å²) >= 11 is 0. The van der Waals surface area contributed by atoms with Crippen LogP contribution in [0.2, 0.25) is 0 Å². The molecule has 1 unspecified atom stereocenters. The van der Waals surface area contributed by atoms with Crippen LogP contribution >= 0.6 is 0 Å². The van der Waals surface area contributed by atoms with E-state index in [-0.39, 0.29) is 5.88 Å². The molecule has 1 aromatic heterocycles. The zero-order chi connectivity index (χ0) is 12.1. The van der Waals surface area contributed by atoms with Crippen molar-refractivity contribution in [2.24, 2.45) is 5.92 Å². The van der Waals surface area contributed by atoms with E-state index in [1.807, 2.05) is 0 Å². The number of nitrogens with one attached hydrogen (secondary N) is 1. The van der Waals surface area contributed by atoms with Gasteiger partial charge in [-0.15, -0.1) is 0 Å². The molecule has 0 aliphatic carbocycles. The molecule has 1 fully saturated rings. The van der Waals surface area contributed by atoms with E-state index in [0.29, 0.717) is 18.2 Å². The maximum Gasteiger partial charge on any atom is 0.253 e. The van der Waals surface area contributed by atoms with Gasteiger partial charge >= 0.3 is 0 Å². The van der Waals surface area contributed by atoms with Crippen molar-refractivity contribution in [3.63, 3.8) is 0 Å². The van der Waals surface area contributed by atoms with Crippen LogP contribution in [0.1, 0.15) is 25.0 Å². The molecule has 1 saturated heterocycles. The first-order valence-electron chi connectivity index (χ1n) is 6.08. The van der Waals surface area contributed by atoms with Crippen molar-refractivity contribution in [2.75, 3.05) is 19.7 Å². The van der Waals surface area contributed by atoms with Crippen molar-refractivity contribution < 1.29 is 9.13 Å². The second kappa shape index (κ2) is 5.91. The number of ether oxygens (including phenoxy) is 1. The van der Waals surface area contributed by atoms with E-state index in [2.05, 4.69) is 15.3 Å². The van der Waals surface area contributed by atoms with Crippen molar-refractivity contribution in [2.45, 2.75) is 26.2 Å². The first-order chi connectivity index (χ1) is 8.27. The fraction of sp³-hybridized carbons (Fsp3) is 0.667. The van der Waals surface area contributed by atoms with Gasteiger partial charge in [0.15, 0.2) is 0 Å². The van der Waals surface area contributed by atoms with E-state index in [0.717, 1.165) is 19.5 Å². The van der Waals surface area contributed by atoms with Crippen LogP contribution < -0.4 is 10.1 Å². The second-order valence-electron chi connectivity index (χ2n) is 4.43. The lowest BCUT2D eigenvalue weighted by molar-refractivity contribution is 0.237. The number of nitrogens with zero attached hydrogens (tertiary/aromatic N) is 2. The standard InChI is InChI=1S/C12H18FN3O/c1-9-11(13)12(16-8-15-9)17-6-4-10-3-2-5-14-7-10/h8,10,14H,2-7H2,1H3. The highest BCUT2D eigenvalue weighted by Gasteiger charge is 2.14. The molecule has 0 saturated carbocycles. The minimum atomic E-state index is -0.450. The molecule has 1 aliphatic heterocycles. The maximum absolute atomic E-state index is 13.5. The third kappa shape index (κ3) is 3.36. The van der Waals surface area contributed by atoms with E-state index in [4.69, 9.17) is 4.74 Å². The number of rotatable bonds is 4. The average molecular weight is 239 g/mol. The summed E-state index contributed by atoms with van der Waals surface area (Å²) in [5, 5.41) is 3.35. The molecule has 0 bridgehead atoms. The molecular formula is C12H18FN3O. The van der Waals surface area contributed by atoms with E-state index in [1.54, 1.807) is 6.92 Å². The van der Waals surface area contributed by atoms with Gasteiger partial charge < -0.3 is 10.1 Å². The van der Waals surface area contributed by atoms with Crippen LogP contribution in [-0.4, -0.2) is 29.7 Å². The molecule has 1 aromatic rings. The van der Waals surface area contributed by atoms with Crippen LogP contribution in [0.4, 0.5) is 4.39 Å². The minimum Gasteiger partial charge on any atom is -0.475 e. The van der Waals surface area contributed by atoms with E-state index >= 15 is 0 Å². The zero-order valence-electron chi connectivity index (χ0n) is 10.1. The lowest BCUT2D eigenvalue weighted by Crippen LogP contribution is -2.30. The third-order valence-corrected chi connectivity index (χ3v) is 3.10. The van der Waals surface area contributed by atoms with Crippen molar-refractivity contribution in [1.29, 1.82) is 0 Å². The Bertz CT molecular complexity index is 367. The topological polar surface area (TPSA) is 47.0 Å². The van der Waals surface area contributed by atoms with Gasteiger partial charge in [0.2, 0.25) is 5.82 Å². The SMILES string of the molecule is Cc1ncnc(OCCC2CCCNC2)c1F. The molecule has 4 nitrogen and oxygen atoms in total. The van der Waals surface area contributed by atoms with Crippen molar-refractivity contribution >= 4 is 0 Å². The predicted molar refractivity (Wildman–Crippen MR) is 62.4 cm³/mol. The number of hydrogen-bond donors (Lipinski definition) is 1. The van der Waals surface area contributed by atoms with E-state index in [9.17, 15) is 4.39 Å². The van der Waals surface area contributed by atoms with Gasteiger partial charge in [0.05, 0.1) is 12.3 Å². The molecule has 1 atom stereocenters. The summed E-state index contributed by atoms with van der Waals surface area (Å²) < 4.78 is 18.9. The van der Waals surface area contributed by atoms with Crippen LogP contribution in [0.3, 0.4) is 0 Å². The lowest BCUT2D eigenvalue weighted by Gasteiger charge is -2.22. The van der Waals surface area contributed by atoms with Crippen molar-refractivity contribution in [3.8, 4) is 5.88 Å². The Morgan fingerprint density at radius 1 is 1.53 bits per heavy atom. The van der Waals surface area contributed by atoms with Gasteiger partial charge in [-0.2, -0.15) is 9.37 Å². The molecule has 5 heteroatoms. The number of piperidine rings is 1. The van der Waals surface area contributed by atoms with Gasteiger partial charge in [-0.1, -0.05) is 0 Å². The Morgan fingerprint density at radius 2 is 2.41 bits per heavy atom. The quantitative estimate of drug-likeness (QED) is 0.868. The van der Waals surface area contributed by atoms with E-state index in [1.165, 1.54) is 19.2 Å². The molecule has 0 radical (unpaired) electrons. The fourth-order valence-corrected chi connectivity index (χ4v) is 2.03. The zero-order valence-corrected chi connectivity index (χ0v) is 10.1. The summed E-state index contributed by atoms with van der Waals surface area (Å²) in [6.45, 7) is 4.26. The fourth-order valence-electron chi connectivity index (χ4n) is 2.03. The Labute approximate surface area is 101 Å². The summed E-state index contributed by atoms with van der Waals surface area (Å²) in [5.74, 6) is 0.255. The van der Waals surface area contributed by atoms with Gasteiger partial charge in [-0.3, -0.25) is 0 Å². The number of hydrogen-bond acceptors (Lipinski definition) is 4. The Balaban J connectivity index is 1.79. The van der Waals surface area contributed by atoms with Crippen molar-refractivity contribution in [3.05, 3.63) is 17.8 Å². The molecule has 0 aromatic carbocycles. The summed E-state index contributed by atoms with van der Waals surface area (Å²) in [4.78, 5) is 7.56. The van der Waals surface area contributed by atoms with Gasteiger partial charge in [0.25, 0.3) is 5.88 Å². The van der Waals surface area contributed by atoms with E-state index < -0.39 is 5.82 Å². The van der Waals surface area contributed by atoms with Gasteiger partial charge in [-0.25, -0.2) is 4.98 Å². The van der Waals surface area contributed by atoms with Crippen LogP contribution in [0.15, 0.2) is 6.33 Å². The van der Waals surface area contributed by atoms with Crippen LogP contribution in [0, 0.1) is 18.7 Å². The monoisotopic (exact) mass is 239 g/mol. The molecule has 0 amide bonds. The predicted octanol–water partition coefficient (Wildman–Crippen LogP) is 1.69. The number of aryl methyl sites for hydroxylation is 1.